The Bertz CT molecular complexity index is 508. The van der Waals surface area contributed by atoms with Gasteiger partial charge in [0.05, 0.1) is 11.1 Å². The van der Waals surface area contributed by atoms with Crippen molar-refractivity contribution >= 4 is 33.9 Å². The number of para-hydroxylation sites is 1. The Morgan fingerprint density at radius 1 is 1.29 bits per heavy atom. The van der Waals surface area contributed by atoms with E-state index in [-0.39, 0.29) is 4.99 Å². The molecule has 3 nitrogen and oxygen atoms in total. The number of aromatic nitrogens is 1. The van der Waals surface area contributed by atoms with Crippen LogP contribution in [0.5, 0.6) is 0 Å². The summed E-state index contributed by atoms with van der Waals surface area (Å²) in [5.41, 5.74) is 12.7. The zero-order chi connectivity index (χ0) is 10.1. The fourth-order valence-corrected chi connectivity index (χ4v) is 1.49. The zero-order valence-corrected chi connectivity index (χ0v) is 8.21. The van der Waals surface area contributed by atoms with Crippen molar-refractivity contribution in [2.45, 2.75) is 0 Å². The van der Waals surface area contributed by atoms with E-state index in [0.29, 0.717) is 11.4 Å². The van der Waals surface area contributed by atoms with E-state index >= 15 is 0 Å². The molecule has 0 radical (unpaired) electrons. The maximum Gasteiger partial charge on any atom is 0.134 e. The highest BCUT2D eigenvalue weighted by Crippen LogP contribution is 2.17. The molecule has 0 aliphatic rings. The van der Waals surface area contributed by atoms with Gasteiger partial charge in [-0.15, -0.1) is 0 Å². The number of pyridine rings is 1. The SMILES string of the molecule is NC(=S)c1cc2ccccc2nc1N. The smallest absolute Gasteiger partial charge is 0.134 e. The summed E-state index contributed by atoms with van der Waals surface area (Å²) < 4.78 is 0. The summed E-state index contributed by atoms with van der Waals surface area (Å²) in [7, 11) is 0. The number of anilines is 1. The number of nitrogens with zero attached hydrogens (tertiary/aromatic N) is 1. The minimum absolute atomic E-state index is 0.278. The van der Waals surface area contributed by atoms with Gasteiger partial charge in [-0.05, 0) is 12.1 Å². The van der Waals surface area contributed by atoms with Crippen LogP contribution >= 0.6 is 12.2 Å². The van der Waals surface area contributed by atoms with Gasteiger partial charge in [0.15, 0.2) is 0 Å². The van der Waals surface area contributed by atoms with Gasteiger partial charge < -0.3 is 11.5 Å². The van der Waals surface area contributed by atoms with E-state index in [1.54, 1.807) is 0 Å². The molecular weight excluding hydrogens is 194 g/mol. The first kappa shape index (κ1) is 8.90. The molecule has 4 N–H and O–H groups in total. The molecule has 70 valence electrons. The second-order valence-electron chi connectivity index (χ2n) is 2.98. The molecule has 0 amide bonds. The van der Waals surface area contributed by atoms with E-state index in [9.17, 15) is 0 Å². The lowest BCUT2D eigenvalue weighted by molar-refractivity contribution is 1.40. The molecule has 0 bridgehead atoms. The average Bonchev–Trinajstić information content (AvgIpc) is 2.16. The highest BCUT2D eigenvalue weighted by atomic mass is 32.1. The summed E-state index contributed by atoms with van der Waals surface area (Å²) in [5, 5.41) is 0.990. The number of hydrogen-bond acceptors (Lipinski definition) is 3. The third kappa shape index (κ3) is 1.40. The predicted molar refractivity (Wildman–Crippen MR) is 62.0 cm³/mol. The van der Waals surface area contributed by atoms with Crippen LogP contribution < -0.4 is 11.5 Å². The second-order valence-corrected chi connectivity index (χ2v) is 3.42. The maximum atomic E-state index is 5.71. The largest absolute Gasteiger partial charge is 0.389 e. The van der Waals surface area contributed by atoms with E-state index in [2.05, 4.69) is 4.98 Å². The lowest BCUT2D eigenvalue weighted by Crippen LogP contribution is -2.13. The van der Waals surface area contributed by atoms with Gasteiger partial charge in [-0.25, -0.2) is 4.98 Å². The van der Waals surface area contributed by atoms with Gasteiger partial charge in [-0.3, -0.25) is 0 Å². The number of thiocarbonyl (C=S) groups is 1. The Hall–Kier alpha value is -1.68. The van der Waals surface area contributed by atoms with Gasteiger partial charge in [0.1, 0.15) is 10.8 Å². The molecule has 1 heterocycles. The van der Waals surface area contributed by atoms with Crippen LogP contribution in [0.15, 0.2) is 30.3 Å². The molecule has 1 aromatic carbocycles. The van der Waals surface area contributed by atoms with Gasteiger partial charge in [0, 0.05) is 5.39 Å². The summed E-state index contributed by atoms with van der Waals surface area (Å²) >= 11 is 4.87. The van der Waals surface area contributed by atoms with Crippen molar-refractivity contribution < 1.29 is 0 Å². The van der Waals surface area contributed by atoms with Crippen molar-refractivity contribution in [3.63, 3.8) is 0 Å². The standard InChI is InChI=1S/C10H9N3S/c11-9-7(10(12)14)5-6-3-1-2-4-8(6)13-9/h1-5H,(H2,11,13)(H2,12,14). The zero-order valence-electron chi connectivity index (χ0n) is 7.40. The van der Waals surface area contributed by atoms with Crippen LogP contribution in [-0.2, 0) is 0 Å². The maximum absolute atomic E-state index is 5.71. The normalized spacial score (nSPS) is 10.3. The Kier molecular flexibility index (Phi) is 2.05. The number of nitrogen functional groups attached to an aromatic ring is 1. The Labute approximate surface area is 86.7 Å². The van der Waals surface area contributed by atoms with Crippen LogP contribution in [0.4, 0.5) is 5.82 Å². The monoisotopic (exact) mass is 203 g/mol. The molecule has 0 aliphatic heterocycles. The molecule has 0 spiro atoms. The quantitative estimate of drug-likeness (QED) is 0.688. The van der Waals surface area contributed by atoms with Gasteiger partial charge in [-0.2, -0.15) is 0 Å². The number of fused-ring (bicyclic) bond motifs is 1. The van der Waals surface area contributed by atoms with Gasteiger partial charge in [-0.1, -0.05) is 30.4 Å². The summed E-state index contributed by atoms with van der Waals surface area (Å²) in [4.78, 5) is 4.49. The first-order chi connectivity index (χ1) is 6.68. The van der Waals surface area contributed by atoms with Gasteiger partial charge in [0.25, 0.3) is 0 Å². The third-order valence-electron chi connectivity index (χ3n) is 2.02. The van der Waals surface area contributed by atoms with Gasteiger partial charge >= 0.3 is 0 Å². The highest BCUT2D eigenvalue weighted by Gasteiger charge is 2.05. The summed E-state index contributed by atoms with van der Waals surface area (Å²) in [5.74, 6) is 0.385. The topological polar surface area (TPSA) is 64.9 Å². The molecular formula is C10H9N3S. The number of hydrogen-bond donors (Lipinski definition) is 2. The summed E-state index contributed by atoms with van der Waals surface area (Å²) in [6.07, 6.45) is 0. The summed E-state index contributed by atoms with van der Waals surface area (Å²) in [6.45, 7) is 0. The van der Waals surface area contributed by atoms with Crippen molar-refractivity contribution in [2.24, 2.45) is 5.73 Å². The average molecular weight is 203 g/mol. The molecule has 0 atom stereocenters. The molecule has 4 heteroatoms. The van der Waals surface area contributed by atoms with Crippen LogP contribution in [0, 0.1) is 0 Å². The van der Waals surface area contributed by atoms with Crippen LogP contribution in [0.3, 0.4) is 0 Å². The van der Waals surface area contributed by atoms with Crippen LogP contribution in [0.1, 0.15) is 5.56 Å². The highest BCUT2D eigenvalue weighted by molar-refractivity contribution is 7.80. The minimum Gasteiger partial charge on any atom is -0.389 e. The van der Waals surface area contributed by atoms with E-state index in [0.717, 1.165) is 10.9 Å². The molecule has 14 heavy (non-hydrogen) atoms. The van der Waals surface area contributed by atoms with Crippen molar-refractivity contribution in [1.29, 1.82) is 0 Å². The lowest BCUT2D eigenvalue weighted by atomic mass is 10.1. The number of benzene rings is 1. The predicted octanol–water partition coefficient (Wildman–Crippen LogP) is 1.45. The first-order valence-corrected chi connectivity index (χ1v) is 4.54. The second kappa shape index (κ2) is 3.23. The van der Waals surface area contributed by atoms with Crippen molar-refractivity contribution in [1.82, 2.24) is 4.98 Å². The van der Waals surface area contributed by atoms with Crippen molar-refractivity contribution in [3.8, 4) is 0 Å². The lowest BCUT2D eigenvalue weighted by Gasteiger charge is -2.04. The molecule has 2 rings (SSSR count). The van der Waals surface area contributed by atoms with Gasteiger partial charge in [0.2, 0.25) is 0 Å². The molecule has 1 aromatic heterocycles. The van der Waals surface area contributed by atoms with E-state index < -0.39 is 0 Å². The van der Waals surface area contributed by atoms with E-state index in [1.165, 1.54) is 0 Å². The molecule has 0 fully saturated rings. The van der Waals surface area contributed by atoms with Crippen LogP contribution in [0.25, 0.3) is 10.9 Å². The molecule has 2 aromatic rings. The van der Waals surface area contributed by atoms with Crippen molar-refractivity contribution in [3.05, 3.63) is 35.9 Å². The summed E-state index contributed by atoms with van der Waals surface area (Å²) in [6, 6.07) is 9.55. The Balaban J connectivity index is 2.77. The fraction of sp³-hybridized carbons (Fsp3) is 0. The molecule has 0 saturated carbocycles. The van der Waals surface area contributed by atoms with E-state index in [1.807, 2.05) is 30.3 Å². The Morgan fingerprint density at radius 2 is 2.00 bits per heavy atom. The molecule has 0 aliphatic carbocycles. The van der Waals surface area contributed by atoms with Crippen LogP contribution in [0.2, 0.25) is 0 Å². The Morgan fingerprint density at radius 3 is 2.71 bits per heavy atom. The molecule has 0 unspecified atom stereocenters. The third-order valence-corrected chi connectivity index (χ3v) is 2.24. The first-order valence-electron chi connectivity index (χ1n) is 4.13. The van der Waals surface area contributed by atoms with E-state index in [4.69, 9.17) is 23.7 Å². The van der Waals surface area contributed by atoms with Crippen LogP contribution in [-0.4, -0.2) is 9.97 Å². The number of nitrogens with two attached hydrogens (primary N) is 2. The minimum atomic E-state index is 0.278. The number of rotatable bonds is 1. The fourth-order valence-electron chi connectivity index (χ4n) is 1.33. The van der Waals surface area contributed by atoms with Crippen molar-refractivity contribution in [2.75, 3.05) is 5.73 Å². The molecule has 0 saturated heterocycles.